The fourth-order valence-electron chi connectivity index (χ4n) is 1.05. The Labute approximate surface area is 96.1 Å². The molecule has 0 saturated heterocycles. The molecule has 0 bridgehead atoms. The van der Waals surface area contributed by atoms with Crippen LogP contribution in [-0.4, -0.2) is 20.4 Å². The van der Waals surface area contributed by atoms with Crippen molar-refractivity contribution in [1.29, 1.82) is 0 Å². The van der Waals surface area contributed by atoms with Crippen molar-refractivity contribution in [3.05, 3.63) is 22.9 Å². The number of rotatable bonds is 2. The van der Waals surface area contributed by atoms with Gasteiger partial charge in [-0.1, -0.05) is 5.16 Å². The van der Waals surface area contributed by atoms with Crippen molar-refractivity contribution in [1.82, 2.24) is 10.1 Å². The molecule has 0 amide bonds. The largest absolute Gasteiger partial charge is 0.471 e. The zero-order valence-electron chi connectivity index (χ0n) is 7.97. The molecule has 0 fully saturated rings. The van der Waals surface area contributed by atoms with Gasteiger partial charge >= 0.3 is 12.1 Å². The summed E-state index contributed by atoms with van der Waals surface area (Å²) in [7, 11) is 0. The lowest BCUT2D eigenvalue weighted by Crippen LogP contribution is -2.04. The molecular formula is C8H5F3N2O3S. The van der Waals surface area contributed by atoms with Crippen molar-refractivity contribution >= 4 is 11.3 Å². The maximum absolute atomic E-state index is 12.2. The molecule has 2 rings (SSSR count). The van der Waals surface area contributed by atoms with Gasteiger partial charge in [-0.3, -0.25) is 0 Å². The van der Waals surface area contributed by atoms with Gasteiger partial charge in [0.15, 0.2) is 6.29 Å². The first kappa shape index (κ1) is 12.0. The molecule has 0 atom stereocenters. The Morgan fingerprint density at radius 3 is 2.47 bits per heavy atom. The van der Waals surface area contributed by atoms with E-state index in [0.717, 1.165) is 11.3 Å². The number of aliphatic hydroxyl groups excluding tert-OH is 1. The fourth-order valence-corrected chi connectivity index (χ4v) is 1.86. The number of aromatic nitrogens is 2. The van der Waals surface area contributed by atoms with Crippen LogP contribution in [0.2, 0.25) is 0 Å². The van der Waals surface area contributed by atoms with Crippen LogP contribution in [0.1, 0.15) is 17.1 Å². The normalized spacial score (nSPS) is 12.4. The van der Waals surface area contributed by atoms with Crippen molar-refractivity contribution in [3.8, 4) is 10.7 Å². The van der Waals surface area contributed by atoms with Gasteiger partial charge in [0, 0.05) is 0 Å². The Bertz CT molecular complexity index is 520. The minimum Gasteiger partial charge on any atom is -0.364 e. The van der Waals surface area contributed by atoms with Gasteiger partial charge < -0.3 is 14.7 Å². The van der Waals surface area contributed by atoms with Crippen LogP contribution in [0.5, 0.6) is 0 Å². The first-order chi connectivity index (χ1) is 7.88. The first-order valence-electron chi connectivity index (χ1n) is 4.25. The van der Waals surface area contributed by atoms with E-state index in [1.54, 1.807) is 0 Å². The van der Waals surface area contributed by atoms with E-state index in [9.17, 15) is 13.2 Å². The Kier molecular flexibility index (Phi) is 2.89. The number of alkyl halides is 3. The predicted molar refractivity (Wildman–Crippen MR) is 49.8 cm³/mol. The lowest BCUT2D eigenvalue weighted by atomic mass is 10.4. The van der Waals surface area contributed by atoms with E-state index in [2.05, 4.69) is 14.7 Å². The van der Waals surface area contributed by atoms with Gasteiger partial charge in [-0.25, -0.2) is 0 Å². The number of thiophene rings is 1. The summed E-state index contributed by atoms with van der Waals surface area (Å²) in [5, 5.41) is 20.8. The lowest BCUT2D eigenvalue weighted by molar-refractivity contribution is -0.159. The molecule has 0 aliphatic carbocycles. The Morgan fingerprint density at radius 1 is 1.29 bits per heavy atom. The summed E-state index contributed by atoms with van der Waals surface area (Å²) in [6, 6.07) is 2.73. The molecule has 92 valence electrons. The summed E-state index contributed by atoms with van der Waals surface area (Å²) in [4.78, 5) is 3.60. The van der Waals surface area contributed by atoms with E-state index in [-0.39, 0.29) is 15.6 Å². The molecule has 0 unspecified atom stereocenters. The Balaban J connectivity index is 2.31. The Morgan fingerprint density at radius 2 is 2.00 bits per heavy atom. The molecule has 0 spiro atoms. The number of hydrogen-bond donors (Lipinski definition) is 2. The molecule has 2 aromatic rings. The van der Waals surface area contributed by atoms with Gasteiger partial charge in [-0.2, -0.15) is 18.2 Å². The zero-order chi connectivity index (χ0) is 12.6. The quantitative estimate of drug-likeness (QED) is 0.810. The fraction of sp³-hybridized carbons (Fsp3) is 0.250. The second-order valence-electron chi connectivity index (χ2n) is 3.00. The molecule has 2 N–H and O–H groups in total. The highest BCUT2D eigenvalue weighted by molar-refractivity contribution is 7.15. The summed E-state index contributed by atoms with van der Waals surface area (Å²) < 4.78 is 40.6. The van der Waals surface area contributed by atoms with Gasteiger partial charge in [0.05, 0.1) is 9.75 Å². The standard InChI is InChI=1S/C8H5F3N2O3S/c9-8(10,11)7-12-5(13-16-7)3-1-2-4(17-3)6(14)15/h1-2,6,14-15H. The lowest BCUT2D eigenvalue weighted by Gasteiger charge is -1.96. The highest BCUT2D eigenvalue weighted by atomic mass is 32.1. The molecule has 0 aliphatic rings. The van der Waals surface area contributed by atoms with Gasteiger partial charge in [0.25, 0.3) is 0 Å². The summed E-state index contributed by atoms with van der Waals surface area (Å²) in [6.45, 7) is 0. The van der Waals surface area contributed by atoms with Crippen LogP contribution in [0, 0.1) is 0 Å². The van der Waals surface area contributed by atoms with E-state index in [1.165, 1.54) is 12.1 Å². The van der Waals surface area contributed by atoms with E-state index >= 15 is 0 Å². The third-order valence-corrected chi connectivity index (χ3v) is 2.89. The van der Waals surface area contributed by atoms with Crippen LogP contribution in [0.3, 0.4) is 0 Å². The van der Waals surface area contributed by atoms with E-state index < -0.39 is 18.4 Å². The van der Waals surface area contributed by atoms with Crippen LogP contribution in [0.15, 0.2) is 16.7 Å². The summed E-state index contributed by atoms with van der Waals surface area (Å²) in [6.07, 6.45) is -6.37. The van der Waals surface area contributed by atoms with Crippen LogP contribution < -0.4 is 0 Å². The predicted octanol–water partition coefficient (Wildman–Crippen LogP) is 1.80. The highest BCUT2D eigenvalue weighted by Crippen LogP contribution is 2.32. The number of halogens is 3. The summed E-state index contributed by atoms with van der Waals surface area (Å²) >= 11 is 0.866. The molecule has 0 radical (unpaired) electrons. The van der Waals surface area contributed by atoms with Crippen molar-refractivity contribution in [2.75, 3.05) is 0 Å². The molecule has 0 saturated carbocycles. The van der Waals surface area contributed by atoms with Crippen LogP contribution in [0.25, 0.3) is 10.7 Å². The molecule has 5 nitrogen and oxygen atoms in total. The topological polar surface area (TPSA) is 79.4 Å². The van der Waals surface area contributed by atoms with Gasteiger partial charge in [-0.15, -0.1) is 11.3 Å². The number of nitrogens with zero attached hydrogens (tertiary/aromatic N) is 2. The van der Waals surface area contributed by atoms with Crippen LogP contribution in [0.4, 0.5) is 13.2 Å². The zero-order valence-corrected chi connectivity index (χ0v) is 8.79. The molecule has 9 heteroatoms. The smallest absolute Gasteiger partial charge is 0.364 e. The summed E-state index contributed by atoms with van der Waals surface area (Å²) in [5.74, 6) is -1.68. The van der Waals surface area contributed by atoms with Gasteiger partial charge in [-0.05, 0) is 12.1 Å². The average molecular weight is 266 g/mol. The molecule has 17 heavy (non-hydrogen) atoms. The van der Waals surface area contributed by atoms with E-state index in [4.69, 9.17) is 10.2 Å². The monoisotopic (exact) mass is 266 g/mol. The maximum atomic E-state index is 12.2. The Hall–Kier alpha value is -1.45. The number of hydrogen-bond acceptors (Lipinski definition) is 6. The summed E-state index contributed by atoms with van der Waals surface area (Å²) in [5.41, 5.74) is 0. The minimum atomic E-state index is -4.69. The van der Waals surface area contributed by atoms with Gasteiger partial charge in [0.1, 0.15) is 0 Å². The third-order valence-electron chi connectivity index (χ3n) is 1.77. The van der Waals surface area contributed by atoms with Crippen molar-refractivity contribution in [3.63, 3.8) is 0 Å². The third kappa shape index (κ3) is 2.46. The second-order valence-corrected chi connectivity index (χ2v) is 4.11. The first-order valence-corrected chi connectivity index (χ1v) is 5.06. The molecule has 0 aliphatic heterocycles. The second kappa shape index (κ2) is 4.09. The van der Waals surface area contributed by atoms with Crippen LogP contribution in [-0.2, 0) is 6.18 Å². The van der Waals surface area contributed by atoms with Crippen molar-refractivity contribution in [2.24, 2.45) is 0 Å². The van der Waals surface area contributed by atoms with Crippen LogP contribution >= 0.6 is 11.3 Å². The highest BCUT2D eigenvalue weighted by Gasteiger charge is 2.38. The van der Waals surface area contributed by atoms with Crippen molar-refractivity contribution in [2.45, 2.75) is 12.5 Å². The molecule has 2 heterocycles. The van der Waals surface area contributed by atoms with E-state index in [0.29, 0.717) is 0 Å². The SMILES string of the molecule is OC(O)c1ccc(-c2noc(C(F)(F)F)n2)s1. The molecule has 0 aromatic carbocycles. The van der Waals surface area contributed by atoms with Crippen molar-refractivity contribution < 1.29 is 27.9 Å². The van der Waals surface area contributed by atoms with E-state index in [1.807, 2.05) is 0 Å². The molecule has 2 aromatic heterocycles. The molecular weight excluding hydrogens is 261 g/mol. The maximum Gasteiger partial charge on any atom is 0.471 e. The minimum absolute atomic E-state index is 0.179. The number of aliphatic hydroxyl groups is 2. The van der Waals surface area contributed by atoms with Gasteiger partial charge in [0.2, 0.25) is 5.82 Å². The average Bonchev–Trinajstić information content (AvgIpc) is 2.85.